The summed E-state index contributed by atoms with van der Waals surface area (Å²) in [6.45, 7) is 6.09. The van der Waals surface area contributed by atoms with Crippen molar-refractivity contribution in [1.82, 2.24) is 24.2 Å². The highest BCUT2D eigenvalue weighted by atomic mass is 16.2. The van der Waals surface area contributed by atoms with Gasteiger partial charge in [-0.1, -0.05) is 12.1 Å². The Morgan fingerprint density at radius 1 is 1.25 bits per heavy atom. The van der Waals surface area contributed by atoms with E-state index in [2.05, 4.69) is 39.1 Å². The molecule has 0 bridgehead atoms. The van der Waals surface area contributed by atoms with E-state index >= 15 is 0 Å². The van der Waals surface area contributed by atoms with Crippen LogP contribution in [0.25, 0.3) is 11.0 Å². The molecule has 0 spiro atoms. The zero-order valence-electron chi connectivity index (χ0n) is 17.1. The second-order valence-electron chi connectivity index (χ2n) is 7.81. The largest absolute Gasteiger partial charge is 0.331 e. The fraction of sp³-hybridized carbons (Fsp3) is 0.476. The molecule has 4 rings (SSSR count). The van der Waals surface area contributed by atoms with E-state index in [1.165, 1.54) is 0 Å². The van der Waals surface area contributed by atoms with Crippen molar-refractivity contribution in [3.8, 4) is 0 Å². The van der Waals surface area contributed by atoms with Crippen LogP contribution in [0.1, 0.15) is 36.0 Å². The number of nitrogens with one attached hydrogen (secondary N) is 1. The number of likely N-dealkylation sites (tertiary alicyclic amines) is 1. The molecule has 1 fully saturated rings. The third kappa shape index (κ3) is 3.42. The van der Waals surface area contributed by atoms with Gasteiger partial charge in [-0.15, -0.1) is 0 Å². The van der Waals surface area contributed by atoms with Gasteiger partial charge < -0.3 is 9.88 Å². The van der Waals surface area contributed by atoms with E-state index in [0.717, 1.165) is 59.9 Å². The van der Waals surface area contributed by atoms with E-state index in [1.807, 2.05) is 33.0 Å². The highest BCUT2D eigenvalue weighted by molar-refractivity contribution is 5.93. The zero-order valence-corrected chi connectivity index (χ0v) is 17.1. The third-order valence-corrected chi connectivity index (χ3v) is 5.83. The molecule has 1 aromatic carbocycles. The lowest BCUT2D eigenvalue weighted by Crippen LogP contribution is -2.40. The summed E-state index contributed by atoms with van der Waals surface area (Å²) in [6, 6.07) is 8.25. The van der Waals surface area contributed by atoms with Crippen LogP contribution in [0, 0.1) is 13.8 Å². The molecule has 0 aliphatic carbocycles. The van der Waals surface area contributed by atoms with Crippen molar-refractivity contribution >= 4 is 22.6 Å². The number of carbonyl (C=O) groups excluding carboxylic acids is 1. The molecule has 0 radical (unpaired) electrons. The molecule has 148 valence electrons. The first kappa shape index (κ1) is 18.7. The number of rotatable bonds is 4. The first-order valence-corrected chi connectivity index (χ1v) is 9.87. The Hall–Kier alpha value is -2.67. The smallest absolute Gasteiger partial charge is 0.238 e. The number of amides is 1. The number of aryl methyl sites for hydroxylation is 3. The number of piperidine rings is 1. The highest BCUT2D eigenvalue weighted by Crippen LogP contribution is 2.28. The SMILES string of the molecule is Cc1nn(C)c(C)c1NC(=O)CN1CCC[C@H](c2nc3ccccc3n2C)C1. The lowest BCUT2D eigenvalue weighted by Gasteiger charge is -2.31. The number of para-hydroxylation sites is 2. The summed E-state index contributed by atoms with van der Waals surface area (Å²) >= 11 is 0. The number of imidazole rings is 1. The fourth-order valence-corrected chi connectivity index (χ4v) is 4.28. The summed E-state index contributed by atoms with van der Waals surface area (Å²) in [5.41, 5.74) is 4.86. The van der Waals surface area contributed by atoms with Crippen LogP contribution < -0.4 is 5.32 Å². The molecule has 0 unspecified atom stereocenters. The van der Waals surface area contributed by atoms with E-state index < -0.39 is 0 Å². The minimum absolute atomic E-state index is 0.0184. The molecule has 3 aromatic rings. The molecule has 2 aromatic heterocycles. The Morgan fingerprint density at radius 3 is 2.75 bits per heavy atom. The van der Waals surface area contributed by atoms with Gasteiger partial charge in [-0.3, -0.25) is 14.4 Å². The molecular formula is C21H28N6O. The summed E-state index contributed by atoms with van der Waals surface area (Å²) in [4.78, 5) is 19.7. The van der Waals surface area contributed by atoms with Gasteiger partial charge in [0, 0.05) is 26.6 Å². The molecule has 1 aliphatic rings. The van der Waals surface area contributed by atoms with Gasteiger partial charge in [0.2, 0.25) is 5.91 Å². The van der Waals surface area contributed by atoms with E-state index in [4.69, 9.17) is 4.98 Å². The lowest BCUT2D eigenvalue weighted by molar-refractivity contribution is -0.117. The van der Waals surface area contributed by atoms with Gasteiger partial charge in [-0.05, 0) is 45.4 Å². The number of hydrogen-bond donors (Lipinski definition) is 1. The Bertz CT molecular complexity index is 1020. The van der Waals surface area contributed by atoms with Crippen molar-refractivity contribution in [2.45, 2.75) is 32.6 Å². The van der Waals surface area contributed by atoms with Gasteiger partial charge in [-0.2, -0.15) is 5.10 Å². The number of nitrogens with zero attached hydrogens (tertiary/aromatic N) is 5. The first-order chi connectivity index (χ1) is 13.4. The predicted octanol–water partition coefficient (Wildman–Crippen LogP) is 2.74. The zero-order chi connectivity index (χ0) is 19.8. The molecule has 1 saturated heterocycles. The van der Waals surface area contributed by atoms with Crippen LogP contribution in [0.2, 0.25) is 0 Å². The van der Waals surface area contributed by atoms with E-state index in [9.17, 15) is 4.79 Å². The summed E-state index contributed by atoms with van der Waals surface area (Å²) in [5, 5.41) is 7.42. The van der Waals surface area contributed by atoms with Crippen LogP contribution >= 0.6 is 0 Å². The van der Waals surface area contributed by atoms with Gasteiger partial charge in [0.05, 0.1) is 34.7 Å². The van der Waals surface area contributed by atoms with Crippen molar-refractivity contribution in [1.29, 1.82) is 0 Å². The van der Waals surface area contributed by atoms with Crippen LogP contribution in [-0.2, 0) is 18.9 Å². The van der Waals surface area contributed by atoms with Crippen molar-refractivity contribution in [2.75, 3.05) is 25.0 Å². The Morgan fingerprint density at radius 2 is 2.04 bits per heavy atom. The van der Waals surface area contributed by atoms with Crippen LogP contribution in [0.5, 0.6) is 0 Å². The minimum Gasteiger partial charge on any atom is -0.331 e. The van der Waals surface area contributed by atoms with Crippen molar-refractivity contribution in [2.24, 2.45) is 14.1 Å². The quantitative estimate of drug-likeness (QED) is 0.756. The lowest BCUT2D eigenvalue weighted by atomic mass is 9.97. The van der Waals surface area contributed by atoms with Crippen molar-refractivity contribution < 1.29 is 4.79 Å². The highest BCUT2D eigenvalue weighted by Gasteiger charge is 2.26. The van der Waals surface area contributed by atoms with E-state index in [-0.39, 0.29) is 5.91 Å². The van der Waals surface area contributed by atoms with Crippen LogP contribution in [0.15, 0.2) is 24.3 Å². The average molecular weight is 380 g/mol. The summed E-state index contributed by atoms with van der Waals surface area (Å²) < 4.78 is 4.00. The number of aromatic nitrogens is 4. The Balaban J connectivity index is 1.45. The van der Waals surface area contributed by atoms with Gasteiger partial charge in [-0.25, -0.2) is 4.98 Å². The van der Waals surface area contributed by atoms with Crippen LogP contribution in [0.3, 0.4) is 0 Å². The molecule has 7 heteroatoms. The maximum absolute atomic E-state index is 12.6. The maximum atomic E-state index is 12.6. The first-order valence-electron chi connectivity index (χ1n) is 9.87. The standard InChI is InChI=1S/C21H28N6O/c1-14-20(15(2)26(4)24-14)23-19(28)13-27-11-7-8-16(12-27)21-22-17-9-5-6-10-18(17)25(21)3/h5-6,9-10,16H,7-8,11-13H2,1-4H3,(H,23,28)/t16-/m0/s1. The topological polar surface area (TPSA) is 68.0 Å². The number of benzene rings is 1. The molecule has 1 amide bonds. The van der Waals surface area contributed by atoms with Crippen LogP contribution in [-0.4, -0.2) is 49.8 Å². The predicted molar refractivity (Wildman–Crippen MR) is 110 cm³/mol. The van der Waals surface area contributed by atoms with E-state index in [1.54, 1.807) is 4.68 Å². The van der Waals surface area contributed by atoms with Crippen molar-refractivity contribution in [3.63, 3.8) is 0 Å². The number of hydrogen-bond acceptors (Lipinski definition) is 4. The number of fused-ring (bicyclic) bond motifs is 1. The Kier molecular flexibility index (Phi) is 4.93. The summed E-state index contributed by atoms with van der Waals surface area (Å²) in [5.74, 6) is 1.48. The molecular weight excluding hydrogens is 352 g/mol. The second-order valence-corrected chi connectivity index (χ2v) is 7.81. The minimum atomic E-state index is 0.0184. The molecule has 3 heterocycles. The van der Waals surface area contributed by atoms with Crippen LogP contribution in [0.4, 0.5) is 5.69 Å². The fourth-order valence-electron chi connectivity index (χ4n) is 4.28. The number of carbonyl (C=O) groups is 1. The molecule has 7 nitrogen and oxygen atoms in total. The maximum Gasteiger partial charge on any atom is 0.238 e. The molecule has 1 aliphatic heterocycles. The monoisotopic (exact) mass is 380 g/mol. The summed E-state index contributed by atoms with van der Waals surface area (Å²) in [7, 11) is 3.98. The molecule has 0 saturated carbocycles. The molecule has 1 N–H and O–H groups in total. The summed E-state index contributed by atoms with van der Waals surface area (Å²) in [6.07, 6.45) is 2.18. The Labute approximate surface area is 165 Å². The van der Waals surface area contributed by atoms with Gasteiger partial charge >= 0.3 is 0 Å². The van der Waals surface area contributed by atoms with Gasteiger partial charge in [0.1, 0.15) is 5.82 Å². The van der Waals surface area contributed by atoms with Crippen molar-refractivity contribution in [3.05, 3.63) is 41.5 Å². The second kappa shape index (κ2) is 7.39. The van der Waals surface area contributed by atoms with Gasteiger partial charge in [0.25, 0.3) is 0 Å². The van der Waals surface area contributed by atoms with Gasteiger partial charge in [0.15, 0.2) is 0 Å². The number of anilines is 1. The molecule has 28 heavy (non-hydrogen) atoms. The van der Waals surface area contributed by atoms with E-state index in [0.29, 0.717) is 12.5 Å². The molecule has 1 atom stereocenters. The normalized spacial score (nSPS) is 17.9. The third-order valence-electron chi connectivity index (χ3n) is 5.83. The average Bonchev–Trinajstić information content (AvgIpc) is 3.13.